The molecule has 4 aliphatic rings. The van der Waals surface area contributed by atoms with E-state index >= 15 is 0 Å². The van der Waals surface area contributed by atoms with Gasteiger partial charge in [-0.2, -0.15) is 0 Å². The highest BCUT2D eigenvalue weighted by atomic mass is 16.6. The van der Waals surface area contributed by atoms with Gasteiger partial charge >= 0.3 is 18.3 Å². The first-order valence-corrected chi connectivity index (χ1v) is 29.0. The fourth-order valence-electron chi connectivity index (χ4n) is 11.1. The highest BCUT2D eigenvalue weighted by Gasteiger charge is 2.55. The number of benzene rings is 4. The Morgan fingerprint density at radius 3 is 1.37 bits per heavy atom. The molecule has 0 radical (unpaired) electrons. The third kappa shape index (κ3) is 16.3. The predicted molar refractivity (Wildman–Crippen MR) is 313 cm³/mol. The van der Waals surface area contributed by atoms with Crippen molar-refractivity contribution in [1.82, 2.24) is 35.1 Å². The van der Waals surface area contributed by atoms with Gasteiger partial charge in [0, 0.05) is 27.2 Å². The SMILES string of the molecule is CC(C)[C@H](NC(=O)[C@H](C)N(C)C(=O)OCc1ccccc1)C(=O)N1CC[C@@H]2[C@H]1[C@@H](Oc1ccccc1)CN2C(=O)OC(C)(C)C.CC(C)[C@H](NC(=O)[C@H](C)N(C)C(=O)OCc1ccccc1)C(=O)N1CC[C@H]2CC[C@H](Oc3ccccc3)[C@H]21. The van der Waals surface area contributed by atoms with Crippen LogP contribution < -0.4 is 20.1 Å². The lowest BCUT2D eigenvalue weighted by Gasteiger charge is -2.34. The number of hydrogen-bond acceptors (Lipinski definition) is 12. The summed E-state index contributed by atoms with van der Waals surface area (Å²) < 4.78 is 29.1. The molecule has 1 aliphatic carbocycles. The molecule has 0 spiro atoms. The summed E-state index contributed by atoms with van der Waals surface area (Å²) in [5.41, 5.74) is 1.02. The summed E-state index contributed by atoms with van der Waals surface area (Å²) in [4.78, 5) is 101. The Labute approximate surface area is 489 Å². The molecule has 4 aromatic rings. The Balaban J connectivity index is 0.000000242. The van der Waals surface area contributed by atoms with Gasteiger partial charge in [-0.3, -0.25) is 33.9 Å². The van der Waals surface area contributed by atoms with Crippen LogP contribution in [0.2, 0.25) is 0 Å². The molecule has 10 atom stereocenters. The van der Waals surface area contributed by atoms with Crippen LogP contribution in [0.3, 0.4) is 0 Å². The van der Waals surface area contributed by atoms with Gasteiger partial charge in [0.1, 0.15) is 66.7 Å². The standard InChI is InChI=1S/C34H46N4O7.C30H39N3O5/c1-22(2)28(35-30(39)23(3)36(7)32(41)43-21-24-14-10-8-11-15-24)31(40)37-19-18-26-29(37)27(44-25-16-12-9-13-17-25)20-38(26)33(42)45-34(4,5)6;1-20(2)26(31-28(34)21(3)32(4)30(36)37-19-22-11-7-5-8-12-22)29(35)33-18-17-23-15-16-25(27(23)33)38-24-13-9-6-10-14-24/h8-17,22-23,26-29H,18-21H2,1-7H3,(H,35,39);5-14,20-21,23,25-27H,15-19H2,1-4H3,(H,31,34)/t23-,26+,27-,28-,29-;21-,23+,25-,26-,27-/m00/s1. The first-order chi connectivity index (χ1) is 39.5. The minimum absolute atomic E-state index is 0.00563. The molecule has 0 bridgehead atoms. The Kier molecular flexibility index (Phi) is 21.5. The third-order valence-electron chi connectivity index (χ3n) is 16.0. The first kappa shape index (κ1) is 62.8. The summed E-state index contributed by atoms with van der Waals surface area (Å²) in [6.07, 6.45) is 1.16. The van der Waals surface area contributed by atoms with Crippen molar-refractivity contribution in [3.63, 3.8) is 0 Å². The highest BCUT2D eigenvalue weighted by molar-refractivity contribution is 5.92. The van der Waals surface area contributed by atoms with Gasteiger partial charge in [-0.05, 0) is 113 Å². The van der Waals surface area contributed by atoms with Crippen LogP contribution in [0.1, 0.15) is 99.1 Å². The fraction of sp³-hybridized carbons (Fsp3) is 0.516. The lowest BCUT2D eigenvalue weighted by molar-refractivity contribution is -0.140. The van der Waals surface area contributed by atoms with Crippen molar-refractivity contribution in [3.8, 4) is 11.5 Å². The molecule has 4 aromatic carbocycles. The Morgan fingerprint density at radius 1 is 0.530 bits per heavy atom. The molecule has 8 rings (SSSR count). The molecular weight excluding hydrogens is 1060 g/mol. The zero-order chi connectivity index (χ0) is 60.1. The van der Waals surface area contributed by atoms with Gasteiger partial charge in [-0.15, -0.1) is 0 Å². The van der Waals surface area contributed by atoms with Crippen molar-refractivity contribution in [2.24, 2.45) is 17.8 Å². The topological polar surface area (TPSA) is 206 Å². The van der Waals surface area contributed by atoms with Crippen molar-refractivity contribution >= 4 is 41.9 Å². The van der Waals surface area contributed by atoms with Gasteiger partial charge < -0.3 is 44.1 Å². The molecule has 19 heteroatoms. The van der Waals surface area contributed by atoms with Gasteiger partial charge in [-0.1, -0.05) is 125 Å². The van der Waals surface area contributed by atoms with E-state index in [1.165, 1.54) is 23.9 Å². The summed E-state index contributed by atoms with van der Waals surface area (Å²) in [7, 11) is 3.02. The van der Waals surface area contributed by atoms with E-state index in [1.807, 2.05) is 175 Å². The van der Waals surface area contributed by atoms with Gasteiger partial charge in [-0.25, -0.2) is 14.4 Å². The van der Waals surface area contributed by atoms with Crippen molar-refractivity contribution < 1.29 is 57.2 Å². The first-order valence-electron chi connectivity index (χ1n) is 29.0. The van der Waals surface area contributed by atoms with Crippen molar-refractivity contribution in [1.29, 1.82) is 0 Å². The van der Waals surface area contributed by atoms with Crippen molar-refractivity contribution in [2.75, 3.05) is 33.7 Å². The smallest absolute Gasteiger partial charge is 0.410 e. The number of para-hydroxylation sites is 2. The van der Waals surface area contributed by atoms with E-state index in [4.69, 9.17) is 23.7 Å². The number of likely N-dealkylation sites (tertiary alicyclic amines) is 3. The van der Waals surface area contributed by atoms with Crippen LogP contribution in [-0.2, 0) is 46.6 Å². The normalized spacial score (nSPS) is 21.2. The van der Waals surface area contributed by atoms with E-state index < -0.39 is 72.0 Å². The van der Waals surface area contributed by atoms with Crippen LogP contribution in [0.25, 0.3) is 0 Å². The molecule has 0 aromatic heterocycles. The summed E-state index contributed by atoms with van der Waals surface area (Å²) in [6.45, 7) is 17.7. The summed E-state index contributed by atoms with van der Waals surface area (Å²) >= 11 is 0. The lowest BCUT2D eigenvalue weighted by atomic mass is 10.00. The van der Waals surface area contributed by atoms with E-state index in [0.29, 0.717) is 31.2 Å². The molecule has 448 valence electrons. The number of amides is 7. The maximum atomic E-state index is 14.2. The molecule has 7 amide bonds. The number of nitrogens with one attached hydrogen (secondary N) is 2. The van der Waals surface area contributed by atoms with Crippen LogP contribution in [0.4, 0.5) is 14.4 Å². The van der Waals surface area contributed by atoms with Gasteiger partial charge in [0.15, 0.2) is 0 Å². The molecular formula is C64H85N7O12. The predicted octanol–water partition coefficient (Wildman–Crippen LogP) is 8.69. The molecule has 4 fully saturated rings. The number of nitrogens with zero attached hydrogens (tertiary/aromatic N) is 5. The van der Waals surface area contributed by atoms with Crippen LogP contribution in [0.5, 0.6) is 11.5 Å². The quantitative estimate of drug-likeness (QED) is 0.0898. The largest absolute Gasteiger partial charge is 0.488 e. The second-order valence-corrected chi connectivity index (χ2v) is 23.7. The molecule has 3 heterocycles. The number of hydrogen-bond donors (Lipinski definition) is 2. The van der Waals surface area contributed by atoms with E-state index in [-0.39, 0.29) is 61.6 Å². The Hall–Kier alpha value is -7.83. The average molecular weight is 1140 g/mol. The number of likely N-dealkylation sites (N-methyl/N-ethyl adjacent to an activating group) is 2. The lowest BCUT2D eigenvalue weighted by Crippen LogP contribution is -2.58. The summed E-state index contributed by atoms with van der Waals surface area (Å²) in [6, 6.07) is 33.7. The highest BCUT2D eigenvalue weighted by Crippen LogP contribution is 2.41. The maximum Gasteiger partial charge on any atom is 0.410 e. The second kappa shape index (κ2) is 28.4. The third-order valence-corrected chi connectivity index (χ3v) is 16.0. The summed E-state index contributed by atoms with van der Waals surface area (Å²) in [5, 5.41) is 5.81. The van der Waals surface area contributed by atoms with E-state index in [2.05, 4.69) is 10.6 Å². The van der Waals surface area contributed by atoms with Gasteiger partial charge in [0.25, 0.3) is 0 Å². The number of rotatable bonds is 18. The molecule has 83 heavy (non-hydrogen) atoms. The maximum absolute atomic E-state index is 14.2. The minimum atomic E-state index is -0.892. The molecule has 2 N–H and O–H groups in total. The Morgan fingerprint density at radius 2 is 0.940 bits per heavy atom. The number of ether oxygens (including phenoxy) is 5. The minimum Gasteiger partial charge on any atom is -0.488 e. The number of carbonyl (C=O) groups excluding carboxylic acids is 7. The number of carbonyl (C=O) groups is 7. The zero-order valence-electron chi connectivity index (χ0n) is 50.0. The fourth-order valence-corrected chi connectivity index (χ4v) is 11.1. The van der Waals surface area contributed by atoms with Crippen LogP contribution in [0.15, 0.2) is 121 Å². The van der Waals surface area contributed by atoms with Crippen molar-refractivity contribution in [3.05, 3.63) is 132 Å². The Bertz CT molecular complexity index is 2800. The van der Waals surface area contributed by atoms with E-state index in [9.17, 15) is 33.6 Å². The molecule has 0 unspecified atom stereocenters. The zero-order valence-corrected chi connectivity index (χ0v) is 50.0. The van der Waals surface area contributed by atoms with E-state index in [1.54, 1.807) is 23.6 Å². The van der Waals surface area contributed by atoms with Crippen LogP contribution in [0, 0.1) is 17.8 Å². The second-order valence-electron chi connectivity index (χ2n) is 23.7. The molecule has 3 aliphatic heterocycles. The number of fused-ring (bicyclic) bond motifs is 2. The molecule has 1 saturated carbocycles. The molecule has 3 saturated heterocycles. The average Bonchev–Trinajstić information content (AvgIpc) is 2.50. The van der Waals surface area contributed by atoms with Gasteiger partial charge in [0.2, 0.25) is 23.6 Å². The van der Waals surface area contributed by atoms with E-state index in [0.717, 1.165) is 36.1 Å². The van der Waals surface area contributed by atoms with Crippen LogP contribution >= 0.6 is 0 Å². The van der Waals surface area contributed by atoms with Crippen molar-refractivity contribution in [2.45, 2.75) is 161 Å². The molecule has 19 nitrogen and oxygen atoms in total. The van der Waals surface area contributed by atoms with Crippen LogP contribution in [-0.4, -0.2) is 160 Å². The van der Waals surface area contributed by atoms with Gasteiger partial charge in [0.05, 0.1) is 24.7 Å². The monoisotopic (exact) mass is 1140 g/mol. The summed E-state index contributed by atoms with van der Waals surface area (Å²) in [5.74, 6) is 0.249.